The average Bonchev–Trinajstić information content (AvgIpc) is 2.68. The van der Waals surface area contributed by atoms with Gasteiger partial charge in [0.25, 0.3) is 0 Å². The van der Waals surface area contributed by atoms with E-state index in [9.17, 15) is 4.79 Å². The lowest BCUT2D eigenvalue weighted by molar-refractivity contribution is -0.127. The molecule has 0 aliphatic carbocycles. The van der Waals surface area contributed by atoms with Gasteiger partial charge >= 0.3 is 0 Å². The largest absolute Gasteiger partial charge is 0.376 e. The fourth-order valence-corrected chi connectivity index (χ4v) is 3.52. The number of halogens is 1. The summed E-state index contributed by atoms with van der Waals surface area (Å²) in [5.74, 6) is 0.658. The number of ether oxygens (including phenoxy) is 1. The van der Waals surface area contributed by atoms with E-state index in [0.717, 1.165) is 19.4 Å². The maximum Gasteiger partial charge on any atom is 0.241 e. The molecule has 1 saturated heterocycles. The second-order valence-corrected chi connectivity index (χ2v) is 7.84. The van der Waals surface area contributed by atoms with Crippen LogP contribution in [-0.2, 0) is 16.1 Å². The molecular weight excluding hydrogens is 487 g/mol. The highest BCUT2D eigenvalue weighted by Gasteiger charge is 2.15. The Balaban J connectivity index is 0.00000392. The average molecular weight is 520 g/mol. The van der Waals surface area contributed by atoms with Crippen molar-refractivity contribution in [1.29, 1.82) is 0 Å². The first-order valence-electron chi connectivity index (χ1n) is 9.47. The van der Waals surface area contributed by atoms with Crippen LogP contribution in [0.15, 0.2) is 28.1 Å². The summed E-state index contributed by atoms with van der Waals surface area (Å²) < 4.78 is 5.78. The van der Waals surface area contributed by atoms with Gasteiger partial charge in [0.1, 0.15) is 0 Å². The van der Waals surface area contributed by atoms with E-state index in [1.54, 1.807) is 30.8 Å². The predicted molar refractivity (Wildman–Crippen MR) is 128 cm³/mol. The van der Waals surface area contributed by atoms with Crippen LogP contribution in [-0.4, -0.2) is 62.9 Å². The minimum atomic E-state index is 0. The van der Waals surface area contributed by atoms with Crippen molar-refractivity contribution in [2.45, 2.75) is 43.7 Å². The lowest BCUT2D eigenvalue weighted by Crippen LogP contribution is -2.45. The lowest BCUT2D eigenvalue weighted by atomic mass is 10.1. The van der Waals surface area contributed by atoms with E-state index in [4.69, 9.17) is 9.73 Å². The van der Waals surface area contributed by atoms with E-state index < -0.39 is 0 Å². The molecule has 2 rings (SSSR count). The monoisotopic (exact) mass is 520 g/mol. The number of nitrogens with zero attached hydrogens (tertiary/aromatic N) is 2. The van der Waals surface area contributed by atoms with E-state index in [1.165, 1.54) is 22.4 Å². The molecule has 6 nitrogen and oxygen atoms in total. The van der Waals surface area contributed by atoms with Gasteiger partial charge < -0.3 is 20.3 Å². The smallest absolute Gasteiger partial charge is 0.241 e. The van der Waals surface area contributed by atoms with E-state index in [-0.39, 0.29) is 42.5 Å². The predicted octanol–water partition coefficient (Wildman–Crippen LogP) is 3.03. The van der Waals surface area contributed by atoms with E-state index in [1.807, 2.05) is 0 Å². The van der Waals surface area contributed by atoms with Crippen LogP contribution >= 0.6 is 35.7 Å². The highest BCUT2D eigenvalue weighted by Crippen LogP contribution is 2.22. The van der Waals surface area contributed by atoms with Gasteiger partial charge in [0.2, 0.25) is 5.91 Å². The van der Waals surface area contributed by atoms with Gasteiger partial charge in [0.05, 0.1) is 19.2 Å². The molecule has 28 heavy (non-hydrogen) atoms. The van der Waals surface area contributed by atoms with Crippen LogP contribution in [0.4, 0.5) is 0 Å². The van der Waals surface area contributed by atoms with Crippen LogP contribution in [0.5, 0.6) is 0 Å². The van der Waals surface area contributed by atoms with Gasteiger partial charge in [0, 0.05) is 32.1 Å². The maximum atomic E-state index is 11.9. The topological polar surface area (TPSA) is 66.0 Å². The molecule has 0 aromatic heterocycles. The van der Waals surface area contributed by atoms with Gasteiger partial charge in [-0.3, -0.25) is 4.79 Å². The SMILES string of the molecule is CSc1cc(C)ccc1CN=C(NCC(=O)N(C)C)NCC1CCCCO1.I. The molecule has 1 fully saturated rings. The number of aryl methyl sites for hydroxylation is 1. The second-order valence-electron chi connectivity index (χ2n) is 6.99. The normalized spacial score (nSPS) is 16.9. The first kappa shape index (κ1) is 25.0. The summed E-state index contributed by atoms with van der Waals surface area (Å²) in [4.78, 5) is 19.4. The molecule has 1 heterocycles. The van der Waals surface area contributed by atoms with Gasteiger partial charge in [0.15, 0.2) is 5.96 Å². The Morgan fingerprint density at radius 2 is 2.11 bits per heavy atom. The number of guanidine groups is 1. The van der Waals surface area contributed by atoms with Gasteiger partial charge in [-0.15, -0.1) is 35.7 Å². The van der Waals surface area contributed by atoms with Crippen molar-refractivity contribution in [3.8, 4) is 0 Å². The van der Waals surface area contributed by atoms with Gasteiger partial charge in [-0.05, 0) is 49.6 Å². The Morgan fingerprint density at radius 3 is 2.75 bits per heavy atom. The van der Waals surface area contributed by atoms with Gasteiger partial charge in [-0.1, -0.05) is 12.1 Å². The zero-order chi connectivity index (χ0) is 19.6. The highest BCUT2D eigenvalue weighted by atomic mass is 127. The summed E-state index contributed by atoms with van der Waals surface area (Å²) in [5, 5.41) is 6.48. The summed E-state index contributed by atoms with van der Waals surface area (Å²) in [6, 6.07) is 6.41. The third-order valence-corrected chi connectivity index (χ3v) is 5.35. The molecule has 1 unspecified atom stereocenters. The summed E-state index contributed by atoms with van der Waals surface area (Å²) in [6.07, 6.45) is 5.68. The van der Waals surface area contributed by atoms with Crippen molar-refractivity contribution in [1.82, 2.24) is 15.5 Å². The van der Waals surface area contributed by atoms with Crippen LogP contribution in [0.25, 0.3) is 0 Å². The second kappa shape index (κ2) is 13.3. The number of amides is 1. The molecule has 1 aromatic rings. The number of benzene rings is 1. The zero-order valence-electron chi connectivity index (χ0n) is 17.3. The Hall–Kier alpha value is -1.00. The third-order valence-electron chi connectivity index (χ3n) is 4.53. The Bertz CT molecular complexity index is 649. The molecule has 2 N–H and O–H groups in total. The van der Waals surface area contributed by atoms with Crippen LogP contribution < -0.4 is 10.6 Å². The van der Waals surface area contributed by atoms with Crippen molar-refractivity contribution in [3.05, 3.63) is 29.3 Å². The van der Waals surface area contributed by atoms with Crippen molar-refractivity contribution in [2.24, 2.45) is 4.99 Å². The van der Waals surface area contributed by atoms with Crippen molar-refractivity contribution in [3.63, 3.8) is 0 Å². The van der Waals surface area contributed by atoms with Crippen LogP contribution in [0.1, 0.15) is 30.4 Å². The molecule has 1 aliphatic heterocycles. The Kier molecular flexibility index (Phi) is 11.9. The van der Waals surface area contributed by atoms with E-state index >= 15 is 0 Å². The number of aliphatic imine (C=N–C) groups is 1. The van der Waals surface area contributed by atoms with Gasteiger partial charge in [-0.25, -0.2) is 4.99 Å². The molecule has 1 atom stereocenters. The molecule has 1 aromatic carbocycles. The number of thioether (sulfide) groups is 1. The van der Waals surface area contributed by atoms with E-state index in [0.29, 0.717) is 19.0 Å². The zero-order valence-corrected chi connectivity index (χ0v) is 20.4. The Morgan fingerprint density at radius 1 is 1.32 bits per heavy atom. The highest BCUT2D eigenvalue weighted by molar-refractivity contribution is 14.0. The third kappa shape index (κ3) is 8.57. The number of carbonyl (C=O) groups is 1. The van der Waals surface area contributed by atoms with Gasteiger partial charge in [-0.2, -0.15) is 0 Å². The van der Waals surface area contributed by atoms with Crippen LogP contribution in [0, 0.1) is 6.92 Å². The summed E-state index contributed by atoms with van der Waals surface area (Å²) in [7, 11) is 3.50. The molecule has 1 aliphatic rings. The Labute approximate surface area is 190 Å². The first-order valence-corrected chi connectivity index (χ1v) is 10.7. The molecule has 1 amide bonds. The summed E-state index contributed by atoms with van der Waals surface area (Å²) in [5.41, 5.74) is 2.43. The molecule has 158 valence electrons. The lowest BCUT2D eigenvalue weighted by Gasteiger charge is -2.24. The molecule has 0 radical (unpaired) electrons. The fraction of sp³-hybridized carbons (Fsp3) is 0.600. The molecule has 8 heteroatoms. The molecule has 0 saturated carbocycles. The number of carbonyl (C=O) groups excluding carboxylic acids is 1. The summed E-state index contributed by atoms with van der Waals surface area (Å²) >= 11 is 1.73. The minimum absolute atomic E-state index is 0. The van der Waals surface area contributed by atoms with Crippen LogP contribution in [0.3, 0.4) is 0 Å². The minimum Gasteiger partial charge on any atom is -0.376 e. The number of nitrogens with one attached hydrogen (secondary N) is 2. The quantitative estimate of drug-likeness (QED) is 0.251. The number of hydrogen-bond acceptors (Lipinski definition) is 4. The van der Waals surface area contributed by atoms with Crippen LogP contribution in [0.2, 0.25) is 0 Å². The fourth-order valence-electron chi connectivity index (χ4n) is 2.82. The number of rotatable bonds is 7. The van der Waals surface area contributed by atoms with E-state index in [2.05, 4.69) is 42.0 Å². The van der Waals surface area contributed by atoms with Crippen molar-refractivity contribution < 1.29 is 9.53 Å². The van der Waals surface area contributed by atoms with Crippen molar-refractivity contribution in [2.75, 3.05) is 40.0 Å². The number of likely N-dealkylation sites (N-methyl/N-ethyl adjacent to an activating group) is 1. The molecule has 0 spiro atoms. The van der Waals surface area contributed by atoms with Crippen molar-refractivity contribution >= 4 is 47.6 Å². The summed E-state index contributed by atoms with van der Waals surface area (Å²) in [6.45, 7) is 4.40. The molecule has 0 bridgehead atoms. The standard InChI is InChI=1S/C20H32N4O2S.HI/c1-15-8-9-16(18(11-15)27-4)12-21-20(23-14-19(25)24(2)3)22-13-17-7-5-6-10-26-17;/h8-9,11,17H,5-7,10,12-14H2,1-4H3,(H2,21,22,23);1H. The maximum absolute atomic E-state index is 11.9. The number of hydrogen-bond donors (Lipinski definition) is 2. The molecular formula is C20H33IN4O2S. The first-order chi connectivity index (χ1) is 13.0.